The summed E-state index contributed by atoms with van der Waals surface area (Å²) in [5, 5.41) is 0. The monoisotopic (exact) mass is 310 g/mol. The Morgan fingerprint density at radius 1 is 0.783 bits per heavy atom. The highest BCUT2D eigenvalue weighted by atomic mass is 14.3. The highest BCUT2D eigenvalue weighted by Crippen LogP contribution is 2.36. The van der Waals surface area contributed by atoms with Crippen LogP contribution in [-0.4, -0.2) is 0 Å². The first-order valence-electron chi connectivity index (χ1n) is 9.06. The van der Waals surface area contributed by atoms with Gasteiger partial charge in [-0.05, 0) is 54.6 Å². The minimum absolute atomic E-state index is 0.245. The van der Waals surface area contributed by atoms with Crippen molar-refractivity contribution in [3.05, 3.63) is 58.2 Å². The third kappa shape index (κ3) is 4.83. The van der Waals surface area contributed by atoms with Crippen molar-refractivity contribution in [2.24, 2.45) is 5.41 Å². The summed E-state index contributed by atoms with van der Waals surface area (Å²) < 4.78 is 0. The van der Waals surface area contributed by atoms with Gasteiger partial charge in [0, 0.05) is 0 Å². The van der Waals surface area contributed by atoms with Gasteiger partial charge in [-0.2, -0.15) is 0 Å². The van der Waals surface area contributed by atoms with Crippen LogP contribution in [0.25, 0.3) is 0 Å². The van der Waals surface area contributed by atoms with E-state index in [1.165, 1.54) is 36.0 Å². The average molecular weight is 311 g/mol. The highest BCUT2D eigenvalue weighted by Gasteiger charge is 2.20. The molecule has 0 saturated carbocycles. The van der Waals surface area contributed by atoms with E-state index in [4.69, 9.17) is 0 Å². The maximum absolute atomic E-state index is 2.45. The topological polar surface area (TPSA) is 0 Å². The molecular formula is C23H34. The third-order valence-corrected chi connectivity index (χ3v) is 5.14. The molecule has 0 aliphatic heterocycles. The number of rotatable bonds is 3. The maximum atomic E-state index is 2.45. The van der Waals surface area contributed by atoms with Gasteiger partial charge in [-0.15, -0.1) is 0 Å². The lowest BCUT2D eigenvalue weighted by Crippen LogP contribution is -2.13. The molecule has 0 saturated heterocycles. The van der Waals surface area contributed by atoms with Gasteiger partial charge >= 0.3 is 0 Å². The molecule has 23 heavy (non-hydrogen) atoms. The van der Waals surface area contributed by atoms with Crippen LogP contribution in [0.15, 0.2) is 47.1 Å². The SMILES string of the molecule is CC1=C(CCc2ccc(C(C)(C)C)cc2)CCC(C(C)(C)C)=C1. The normalized spacial score (nSPS) is 16.6. The molecule has 0 bridgehead atoms. The summed E-state index contributed by atoms with van der Waals surface area (Å²) >= 11 is 0. The van der Waals surface area contributed by atoms with Crippen molar-refractivity contribution in [2.75, 3.05) is 0 Å². The standard InChI is InChI=1S/C23H34/c1-17-16-21(23(5,6)7)15-12-19(17)11-8-18-9-13-20(14-10-18)22(2,3)4/h9-10,13-14,16H,8,11-12,15H2,1-7H3. The number of benzene rings is 1. The van der Waals surface area contributed by atoms with E-state index in [9.17, 15) is 0 Å². The average Bonchev–Trinajstić information content (AvgIpc) is 2.44. The molecule has 0 aromatic heterocycles. The molecule has 0 spiro atoms. The molecule has 1 aromatic carbocycles. The van der Waals surface area contributed by atoms with Crippen LogP contribution in [0.2, 0.25) is 0 Å². The lowest BCUT2D eigenvalue weighted by molar-refractivity contribution is 0.476. The molecule has 0 amide bonds. The molecule has 1 aliphatic rings. The first-order valence-corrected chi connectivity index (χ1v) is 9.06. The van der Waals surface area contributed by atoms with Crippen LogP contribution in [0, 0.1) is 5.41 Å². The van der Waals surface area contributed by atoms with Gasteiger partial charge in [0.2, 0.25) is 0 Å². The Morgan fingerprint density at radius 3 is 1.87 bits per heavy atom. The van der Waals surface area contributed by atoms with Gasteiger partial charge in [-0.1, -0.05) is 88.6 Å². The van der Waals surface area contributed by atoms with E-state index >= 15 is 0 Å². The second-order valence-corrected chi connectivity index (χ2v) is 9.15. The van der Waals surface area contributed by atoms with Gasteiger partial charge in [0.25, 0.3) is 0 Å². The second kappa shape index (κ2) is 6.67. The van der Waals surface area contributed by atoms with Crippen LogP contribution in [0.3, 0.4) is 0 Å². The van der Waals surface area contributed by atoms with E-state index < -0.39 is 0 Å². The van der Waals surface area contributed by atoms with Crippen molar-refractivity contribution in [3.63, 3.8) is 0 Å². The van der Waals surface area contributed by atoms with Crippen molar-refractivity contribution in [1.29, 1.82) is 0 Å². The van der Waals surface area contributed by atoms with Crippen molar-refractivity contribution in [1.82, 2.24) is 0 Å². The molecule has 0 fully saturated rings. The predicted octanol–water partition coefficient (Wildman–Crippen LogP) is 7.00. The molecule has 126 valence electrons. The largest absolute Gasteiger partial charge is 0.0666 e. The Kier molecular flexibility index (Phi) is 5.23. The van der Waals surface area contributed by atoms with Crippen LogP contribution in [0.1, 0.15) is 78.9 Å². The van der Waals surface area contributed by atoms with Gasteiger partial charge in [-0.25, -0.2) is 0 Å². The molecule has 0 heteroatoms. The summed E-state index contributed by atoms with van der Waals surface area (Å²) in [6, 6.07) is 9.23. The Bertz CT molecular complexity index is 595. The van der Waals surface area contributed by atoms with Crippen LogP contribution < -0.4 is 0 Å². The summed E-state index contributed by atoms with van der Waals surface area (Å²) in [5.41, 5.74) is 8.21. The molecule has 0 radical (unpaired) electrons. The minimum Gasteiger partial charge on any atom is -0.0666 e. The van der Waals surface area contributed by atoms with Gasteiger partial charge in [0.1, 0.15) is 0 Å². The molecule has 2 rings (SSSR count). The molecule has 0 heterocycles. The molecule has 0 N–H and O–H groups in total. The lowest BCUT2D eigenvalue weighted by atomic mass is 9.78. The zero-order valence-electron chi connectivity index (χ0n) is 16.2. The Hall–Kier alpha value is -1.30. The maximum Gasteiger partial charge on any atom is -0.0132 e. The zero-order chi connectivity index (χ0) is 17.3. The molecule has 1 aliphatic carbocycles. The van der Waals surface area contributed by atoms with Gasteiger partial charge in [0.05, 0.1) is 0 Å². The predicted molar refractivity (Wildman–Crippen MR) is 103 cm³/mol. The molecule has 0 atom stereocenters. The molecular weight excluding hydrogens is 276 g/mol. The van der Waals surface area contributed by atoms with Crippen LogP contribution in [0.5, 0.6) is 0 Å². The number of hydrogen-bond donors (Lipinski definition) is 0. The van der Waals surface area contributed by atoms with Crippen molar-refractivity contribution in [2.45, 2.75) is 79.6 Å². The van der Waals surface area contributed by atoms with Crippen molar-refractivity contribution in [3.8, 4) is 0 Å². The third-order valence-electron chi connectivity index (χ3n) is 5.14. The summed E-state index contributed by atoms with van der Waals surface area (Å²) in [5.74, 6) is 0. The fourth-order valence-corrected chi connectivity index (χ4v) is 3.30. The second-order valence-electron chi connectivity index (χ2n) is 9.15. The zero-order valence-corrected chi connectivity index (χ0v) is 16.2. The fourth-order valence-electron chi connectivity index (χ4n) is 3.30. The number of allylic oxidation sites excluding steroid dienone is 4. The summed E-state index contributed by atoms with van der Waals surface area (Å²) in [6.07, 6.45) is 7.29. The first kappa shape index (κ1) is 18.0. The van der Waals surface area contributed by atoms with Crippen molar-refractivity contribution < 1.29 is 0 Å². The van der Waals surface area contributed by atoms with Gasteiger partial charge in [-0.3, -0.25) is 0 Å². The minimum atomic E-state index is 0.245. The summed E-state index contributed by atoms with van der Waals surface area (Å²) in [4.78, 5) is 0. The van der Waals surface area contributed by atoms with E-state index in [2.05, 4.69) is 78.8 Å². The van der Waals surface area contributed by atoms with Crippen molar-refractivity contribution >= 4 is 0 Å². The summed E-state index contributed by atoms with van der Waals surface area (Å²) in [7, 11) is 0. The van der Waals surface area contributed by atoms with E-state index in [0.29, 0.717) is 5.41 Å². The van der Waals surface area contributed by atoms with Gasteiger partial charge < -0.3 is 0 Å². The molecule has 0 nitrogen and oxygen atoms in total. The van der Waals surface area contributed by atoms with Gasteiger partial charge in [0.15, 0.2) is 0 Å². The highest BCUT2D eigenvalue weighted by molar-refractivity contribution is 5.35. The summed E-state index contributed by atoms with van der Waals surface area (Å²) in [6.45, 7) is 16.1. The molecule has 0 unspecified atom stereocenters. The van der Waals surface area contributed by atoms with E-state index in [1.807, 2.05) is 0 Å². The van der Waals surface area contributed by atoms with E-state index in [1.54, 1.807) is 11.1 Å². The van der Waals surface area contributed by atoms with E-state index in [-0.39, 0.29) is 5.41 Å². The number of aryl methyl sites for hydroxylation is 1. The van der Waals surface area contributed by atoms with Crippen LogP contribution >= 0.6 is 0 Å². The first-order chi connectivity index (χ1) is 10.6. The fraction of sp³-hybridized carbons (Fsp3) is 0.565. The van der Waals surface area contributed by atoms with E-state index in [0.717, 1.165) is 6.42 Å². The Labute approximate surface area is 143 Å². The van der Waals surface area contributed by atoms with Crippen LogP contribution in [0.4, 0.5) is 0 Å². The Morgan fingerprint density at radius 2 is 1.39 bits per heavy atom. The Balaban J connectivity index is 2.03. The lowest BCUT2D eigenvalue weighted by Gasteiger charge is -2.28. The van der Waals surface area contributed by atoms with Crippen LogP contribution in [-0.2, 0) is 11.8 Å². The smallest absolute Gasteiger partial charge is 0.0132 e. The number of hydrogen-bond acceptors (Lipinski definition) is 0. The quantitative estimate of drug-likeness (QED) is 0.564. The molecule has 1 aromatic rings.